The van der Waals surface area contributed by atoms with E-state index in [2.05, 4.69) is 57.2 Å². The Balaban J connectivity index is 1.82. The third-order valence-corrected chi connectivity index (χ3v) is 5.38. The number of para-hydroxylation sites is 2. The lowest BCUT2D eigenvalue weighted by Gasteiger charge is -2.10. The second-order valence-corrected chi connectivity index (χ2v) is 7.89. The molecule has 0 aliphatic carbocycles. The molecule has 0 aliphatic heterocycles. The summed E-state index contributed by atoms with van der Waals surface area (Å²) in [5.41, 5.74) is 10.4. The summed E-state index contributed by atoms with van der Waals surface area (Å²) >= 11 is 0. The predicted octanol–water partition coefficient (Wildman–Crippen LogP) is 4.15. The summed E-state index contributed by atoms with van der Waals surface area (Å²) in [5.74, 6) is 0.953. The van der Waals surface area contributed by atoms with Crippen LogP contribution < -0.4 is 11.4 Å². The van der Waals surface area contributed by atoms with Gasteiger partial charge >= 0.3 is 5.69 Å². The van der Waals surface area contributed by atoms with E-state index >= 15 is 0 Å². The maximum absolute atomic E-state index is 13.0. The first-order valence-corrected chi connectivity index (χ1v) is 9.98. The molecule has 1 atom stereocenters. The summed E-state index contributed by atoms with van der Waals surface area (Å²) in [5, 5.41) is 0. The molecule has 1 unspecified atom stereocenters. The molecule has 0 saturated carbocycles. The number of rotatable bonds is 8. The van der Waals surface area contributed by atoms with E-state index in [4.69, 9.17) is 5.73 Å². The molecule has 4 nitrogen and oxygen atoms in total. The third-order valence-electron chi connectivity index (χ3n) is 5.38. The molecule has 2 N–H and O–H groups in total. The molecule has 0 spiro atoms. The standard InChI is InChI=1S/C23H31N3O/c1-17(2)12-14-25-21-6-4-5-7-22(21)26(23(25)27)15-13-19-8-10-20(11-9-19)18(3)16-24/h4-11,17-18H,12-16,24H2,1-3H3. The Bertz CT molecular complexity index is 934. The highest BCUT2D eigenvalue weighted by atomic mass is 16.1. The number of nitrogens with zero attached hydrogens (tertiary/aromatic N) is 2. The van der Waals surface area contributed by atoms with Gasteiger partial charge in [-0.15, -0.1) is 0 Å². The minimum atomic E-state index is 0.102. The van der Waals surface area contributed by atoms with Crippen LogP contribution in [-0.4, -0.2) is 15.7 Å². The highest BCUT2D eigenvalue weighted by molar-refractivity contribution is 5.76. The van der Waals surface area contributed by atoms with Crippen molar-refractivity contribution in [3.63, 3.8) is 0 Å². The zero-order chi connectivity index (χ0) is 19.4. The van der Waals surface area contributed by atoms with Crippen molar-refractivity contribution in [3.8, 4) is 0 Å². The Labute approximate surface area is 161 Å². The SMILES string of the molecule is CC(C)CCn1c(=O)n(CCc2ccc(C(C)CN)cc2)c2ccccc21. The molecule has 0 radical (unpaired) electrons. The summed E-state index contributed by atoms with van der Waals surface area (Å²) in [6, 6.07) is 16.7. The third kappa shape index (κ3) is 4.33. The molecule has 1 heterocycles. The van der Waals surface area contributed by atoms with Crippen molar-refractivity contribution in [1.29, 1.82) is 0 Å². The Morgan fingerprint density at radius 3 is 2.04 bits per heavy atom. The Morgan fingerprint density at radius 2 is 1.48 bits per heavy atom. The van der Waals surface area contributed by atoms with E-state index in [-0.39, 0.29) is 5.69 Å². The van der Waals surface area contributed by atoms with Gasteiger partial charge in [0.05, 0.1) is 11.0 Å². The fraction of sp³-hybridized carbons (Fsp3) is 0.435. The second-order valence-electron chi connectivity index (χ2n) is 7.89. The van der Waals surface area contributed by atoms with Crippen LogP contribution in [0.15, 0.2) is 53.3 Å². The lowest BCUT2D eigenvalue weighted by molar-refractivity contribution is 0.507. The average Bonchev–Trinajstić information content (AvgIpc) is 2.95. The van der Waals surface area contributed by atoms with Crippen LogP contribution in [-0.2, 0) is 19.5 Å². The number of nitrogens with two attached hydrogens (primary N) is 1. The van der Waals surface area contributed by atoms with E-state index in [1.807, 2.05) is 21.3 Å². The Morgan fingerprint density at radius 1 is 0.889 bits per heavy atom. The number of imidazole rings is 1. The summed E-state index contributed by atoms with van der Waals surface area (Å²) < 4.78 is 3.85. The lowest BCUT2D eigenvalue weighted by Crippen LogP contribution is -2.25. The highest BCUT2D eigenvalue weighted by Crippen LogP contribution is 2.17. The fourth-order valence-corrected chi connectivity index (χ4v) is 3.48. The number of aryl methyl sites for hydroxylation is 3. The van der Waals surface area contributed by atoms with Crippen molar-refractivity contribution in [2.45, 2.75) is 52.6 Å². The van der Waals surface area contributed by atoms with Crippen molar-refractivity contribution < 1.29 is 0 Å². The number of hydrogen-bond acceptors (Lipinski definition) is 2. The Hall–Kier alpha value is -2.33. The molecule has 0 aliphatic rings. The van der Waals surface area contributed by atoms with Gasteiger partial charge in [0.1, 0.15) is 0 Å². The molecule has 3 rings (SSSR count). The molecular weight excluding hydrogens is 334 g/mol. The van der Waals surface area contributed by atoms with E-state index < -0.39 is 0 Å². The minimum Gasteiger partial charge on any atom is -0.330 e. The predicted molar refractivity (Wildman–Crippen MR) is 113 cm³/mol. The largest absolute Gasteiger partial charge is 0.330 e. The molecule has 2 aromatic carbocycles. The number of benzene rings is 2. The van der Waals surface area contributed by atoms with Crippen LogP contribution in [0, 0.1) is 5.92 Å². The van der Waals surface area contributed by atoms with Crippen LogP contribution >= 0.6 is 0 Å². The van der Waals surface area contributed by atoms with Gasteiger partial charge in [-0.1, -0.05) is 57.2 Å². The minimum absolute atomic E-state index is 0.102. The molecule has 4 heteroatoms. The first-order valence-electron chi connectivity index (χ1n) is 9.98. The molecule has 0 amide bonds. The molecule has 0 fully saturated rings. The van der Waals surface area contributed by atoms with Gasteiger partial charge in [0, 0.05) is 13.1 Å². The quantitative estimate of drug-likeness (QED) is 0.652. The molecule has 3 aromatic rings. The molecule has 0 bridgehead atoms. The molecule has 27 heavy (non-hydrogen) atoms. The zero-order valence-corrected chi connectivity index (χ0v) is 16.7. The maximum atomic E-state index is 13.0. The maximum Gasteiger partial charge on any atom is 0.329 e. The smallest absolute Gasteiger partial charge is 0.329 e. The van der Waals surface area contributed by atoms with Crippen molar-refractivity contribution in [3.05, 3.63) is 70.1 Å². The van der Waals surface area contributed by atoms with Gasteiger partial charge in [-0.05, 0) is 54.5 Å². The van der Waals surface area contributed by atoms with E-state index in [0.717, 1.165) is 30.4 Å². The van der Waals surface area contributed by atoms with Crippen LogP contribution in [0.1, 0.15) is 44.2 Å². The first kappa shape index (κ1) is 19.4. The van der Waals surface area contributed by atoms with Gasteiger partial charge in [0.2, 0.25) is 0 Å². The van der Waals surface area contributed by atoms with Gasteiger partial charge < -0.3 is 5.73 Å². The monoisotopic (exact) mass is 365 g/mol. The lowest BCUT2D eigenvalue weighted by atomic mass is 9.99. The summed E-state index contributed by atoms with van der Waals surface area (Å²) in [6.07, 6.45) is 1.85. The number of aromatic nitrogens is 2. The summed E-state index contributed by atoms with van der Waals surface area (Å²) in [7, 11) is 0. The highest BCUT2D eigenvalue weighted by Gasteiger charge is 2.13. The normalized spacial score (nSPS) is 12.8. The van der Waals surface area contributed by atoms with Gasteiger partial charge in [0.15, 0.2) is 0 Å². The van der Waals surface area contributed by atoms with Crippen molar-refractivity contribution in [2.75, 3.05) is 6.54 Å². The van der Waals surface area contributed by atoms with Gasteiger partial charge in [-0.25, -0.2) is 4.79 Å². The fourth-order valence-electron chi connectivity index (χ4n) is 3.48. The van der Waals surface area contributed by atoms with Gasteiger partial charge in [0.25, 0.3) is 0 Å². The second kappa shape index (κ2) is 8.57. The van der Waals surface area contributed by atoms with Crippen LogP contribution in [0.3, 0.4) is 0 Å². The van der Waals surface area contributed by atoms with E-state index in [0.29, 0.717) is 24.9 Å². The molecule has 0 saturated heterocycles. The molecular formula is C23H31N3O. The zero-order valence-electron chi connectivity index (χ0n) is 16.7. The van der Waals surface area contributed by atoms with Crippen LogP contribution in [0.5, 0.6) is 0 Å². The number of fused-ring (bicyclic) bond motifs is 1. The van der Waals surface area contributed by atoms with Gasteiger partial charge in [-0.2, -0.15) is 0 Å². The van der Waals surface area contributed by atoms with Crippen molar-refractivity contribution in [1.82, 2.24) is 9.13 Å². The van der Waals surface area contributed by atoms with Crippen molar-refractivity contribution in [2.24, 2.45) is 11.7 Å². The van der Waals surface area contributed by atoms with E-state index in [1.165, 1.54) is 11.1 Å². The topological polar surface area (TPSA) is 53.0 Å². The van der Waals surface area contributed by atoms with Crippen LogP contribution in [0.4, 0.5) is 0 Å². The first-order chi connectivity index (χ1) is 13.0. The number of hydrogen-bond donors (Lipinski definition) is 1. The van der Waals surface area contributed by atoms with Gasteiger partial charge in [-0.3, -0.25) is 9.13 Å². The summed E-state index contributed by atoms with van der Waals surface area (Å²) in [6.45, 7) is 8.65. The average molecular weight is 366 g/mol. The molecule has 1 aromatic heterocycles. The van der Waals surface area contributed by atoms with Crippen LogP contribution in [0.25, 0.3) is 11.0 Å². The van der Waals surface area contributed by atoms with E-state index in [1.54, 1.807) is 0 Å². The summed E-state index contributed by atoms with van der Waals surface area (Å²) in [4.78, 5) is 13.0. The van der Waals surface area contributed by atoms with Crippen molar-refractivity contribution >= 4 is 11.0 Å². The molecule has 144 valence electrons. The van der Waals surface area contributed by atoms with Crippen LogP contribution in [0.2, 0.25) is 0 Å². The Kier molecular flexibility index (Phi) is 6.17. The van der Waals surface area contributed by atoms with E-state index in [9.17, 15) is 4.79 Å².